The molecule has 432 valence electrons. The summed E-state index contributed by atoms with van der Waals surface area (Å²) in [5, 5.41) is 19.3. The minimum Gasteiger partial charge on any atom is -0.870 e. The SMILES string of the molecule is CC(C)(C)OC(=O)NCCN(CC(=O)O)C(=O)Cn1cnc2c(NC(=O)OCc3ccccc3)ncnc21.CCOC(=O)CN(CCNC(=O)OC(C)(C)C)C(=O)Cn1cnc2c(NC(=O)OCc3ccccc3)ncnc21.O.[Na+].[OH-]. The van der Waals surface area contributed by atoms with Gasteiger partial charge in [0.2, 0.25) is 11.8 Å². The first kappa shape index (κ1) is 68.5. The van der Waals surface area contributed by atoms with Gasteiger partial charge < -0.3 is 69.3 Å². The van der Waals surface area contributed by atoms with Crippen LogP contribution in [-0.4, -0.2) is 170 Å². The third-order valence-electron chi connectivity index (χ3n) is 10.0. The fourth-order valence-electron chi connectivity index (χ4n) is 6.70. The zero-order chi connectivity index (χ0) is 56.8. The van der Waals surface area contributed by atoms with Crippen LogP contribution < -0.4 is 50.8 Å². The number of ether oxygens (including phenoxy) is 5. The second-order valence-corrected chi connectivity index (χ2v) is 18.6. The molecule has 2 aromatic carbocycles. The van der Waals surface area contributed by atoms with Crippen molar-refractivity contribution in [3.05, 3.63) is 97.1 Å². The van der Waals surface area contributed by atoms with Crippen LogP contribution in [0.5, 0.6) is 0 Å². The zero-order valence-electron chi connectivity index (χ0n) is 46.0. The maximum atomic E-state index is 13.2. The number of anilines is 2. The van der Waals surface area contributed by atoms with Crippen molar-refractivity contribution in [2.75, 3.05) is 56.5 Å². The van der Waals surface area contributed by atoms with Crippen LogP contribution in [0.4, 0.5) is 30.8 Å². The molecule has 4 heterocycles. The van der Waals surface area contributed by atoms with E-state index in [0.717, 1.165) is 16.0 Å². The summed E-state index contributed by atoms with van der Waals surface area (Å²) in [6.07, 6.45) is 2.32. The minimum absolute atomic E-state index is 0. The Hall–Kier alpha value is -8.58. The van der Waals surface area contributed by atoms with Gasteiger partial charge in [0, 0.05) is 26.2 Å². The second-order valence-electron chi connectivity index (χ2n) is 18.6. The van der Waals surface area contributed by atoms with Gasteiger partial charge in [0.25, 0.3) is 0 Å². The monoisotopic (exact) mass is 1140 g/mol. The Morgan fingerprint density at radius 3 is 1.33 bits per heavy atom. The Morgan fingerprint density at radius 2 is 0.963 bits per heavy atom. The number of nitrogens with zero attached hydrogens (tertiary/aromatic N) is 10. The number of esters is 1. The third kappa shape index (κ3) is 23.7. The van der Waals surface area contributed by atoms with Gasteiger partial charge in [-0.2, -0.15) is 0 Å². The molecule has 0 aliphatic rings. The standard InChI is InChI=1S/C26H33N7O7.C24H29N7O7.Na.2H2O/c1-5-38-20(35)14-32(12-11-27-24(36)40-26(2,3)4)19(34)13-33-17-30-21-22(28-16-29-23(21)33)31-25(37)39-15-18-9-7-6-8-10-18;1-24(2,3)38-22(35)25-9-10-30(12-18(33)34)17(32)11-31-15-28-19-20(26-14-27-21(19)31)29-23(36)37-13-16-7-5-4-6-8-16;;;/h6-10,16-17H,5,11-15H2,1-4H3,(H,27,36)(H,28,29,31,37);4-8,14-15H,9-13H2,1-3H3,(H,25,35)(H,33,34)(H,26,27,29,36);;2*1H2/q;;+1;;/p-1. The first-order valence-electron chi connectivity index (χ1n) is 24.2. The van der Waals surface area contributed by atoms with Crippen LogP contribution in [0.15, 0.2) is 86.0 Å². The van der Waals surface area contributed by atoms with Gasteiger partial charge in [-0.15, -0.1) is 0 Å². The summed E-state index contributed by atoms with van der Waals surface area (Å²) < 4.78 is 28.6. The summed E-state index contributed by atoms with van der Waals surface area (Å²) in [5.41, 5.74) is 1.24. The Kier molecular flexibility index (Phi) is 28.0. The van der Waals surface area contributed by atoms with Crippen molar-refractivity contribution < 1.29 is 108 Å². The summed E-state index contributed by atoms with van der Waals surface area (Å²) in [5.74, 6) is -2.61. The fourth-order valence-corrected chi connectivity index (χ4v) is 6.70. The molecule has 0 saturated carbocycles. The van der Waals surface area contributed by atoms with Crippen LogP contribution in [0.25, 0.3) is 22.3 Å². The van der Waals surface area contributed by atoms with Crippen molar-refractivity contribution in [3.63, 3.8) is 0 Å². The van der Waals surface area contributed by atoms with Crippen LogP contribution in [0.2, 0.25) is 0 Å². The molecule has 0 aliphatic carbocycles. The second kappa shape index (κ2) is 33.1. The number of carboxylic acids is 1. The number of rotatable bonds is 21. The van der Waals surface area contributed by atoms with Gasteiger partial charge in [0.15, 0.2) is 34.0 Å². The summed E-state index contributed by atoms with van der Waals surface area (Å²) in [6, 6.07) is 18.3. The first-order valence-corrected chi connectivity index (χ1v) is 24.2. The molecule has 0 saturated heterocycles. The molecule has 0 bridgehead atoms. The minimum atomic E-state index is -1.21. The van der Waals surface area contributed by atoms with Crippen molar-refractivity contribution in [2.24, 2.45) is 0 Å². The normalized spacial score (nSPS) is 10.6. The van der Waals surface area contributed by atoms with Gasteiger partial charge in [0.1, 0.15) is 63.2 Å². The van der Waals surface area contributed by atoms with Gasteiger partial charge in [0.05, 0.1) is 19.3 Å². The van der Waals surface area contributed by atoms with Gasteiger partial charge in [-0.25, -0.2) is 49.1 Å². The van der Waals surface area contributed by atoms with Gasteiger partial charge in [-0.1, -0.05) is 60.7 Å². The molecule has 6 amide bonds. The molecule has 0 unspecified atom stereocenters. The largest absolute Gasteiger partial charge is 1.00 e. The van der Waals surface area contributed by atoms with Gasteiger partial charge in [-0.05, 0) is 59.6 Å². The molecule has 31 heteroatoms. The number of hydrogen-bond acceptors (Lipinski definition) is 20. The fraction of sp³-hybridized carbons (Fsp3) is 0.400. The molecule has 30 nitrogen and oxygen atoms in total. The van der Waals surface area contributed by atoms with E-state index in [0.29, 0.717) is 0 Å². The topological polar surface area (TPSA) is 406 Å². The Bertz CT molecular complexity index is 3030. The van der Waals surface area contributed by atoms with Crippen molar-refractivity contribution >= 4 is 82.1 Å². The maximum Gasteiger partial charge on any atom is 1.00 e. The Balaban J connectivity index is 0.000000534. The van der Waals surface area contributed by atoms with Crippen molar-refractivity contribution in [1.82, 2.24) is 59.5 Å². The number of aromatic nitrogens is 8. The van der Waals surface area contributed by atoms with E-state index in [-0.39, 0.29) is 140 Å². The maximum absolute atomic E-state index is 13.2. The molecule has 8 N–H and O–H groups in total. The molecule has 0 atom stereocenters. The Labute approximate surface area is 486 Å². The van der Waals surface area contributed by atoms with Crippen LogP contribution in [-0.2, 0) is 69.2 Å². The summed E-state index contributed by atoms with van der Waals surface area (Å²) in [6.45, 7) is 10.9. The third-order valence-corrected chi connectivity index (χ3v) is 10.0. The number of carbonyl (C=O) groups excluding carboxylic acids is 7. The molecule has 6 rings (SSSR count). The number of amides is 6. The van der Waals surface area contributed by atoms with E-state index in [1.807, 2.05) is 60.7 Å². The summed E-state index contributed by atoms with van der Waals surface area (Å²) >= 11 is 0. The summed E-state index contributed by atoms with van der Waals surface area (Å²) in [7, 11) is 0. The molecule has 81 heavy (non-hydrogen) atoms. The molecule has 0 radical (unpaired) electrons. The molecule has 4 aromatic heterocycles. The quantitative estimate of drug-likeness (QED) is 0.0372. The molecular formula is C50H65N14NaO16. The molecule has 0 fully saturated rings. The number of fused-ring (bicyclic) bond motifs is 2. The van der Waals surface area contributed by atoms with E-state index >= 15 is 0 Å². The molecule has 6 aromatic rings. The van der Waals surface area contributed by atoms with Crippen molar-refractivity contribution in [2.45, 2.75) is 86.0 Å². The smallest absolute Gasteiger partial charge is 0.870 e. The van der Waals surface area contributed by atoms with E-state index in [9.17, 15) is 43.5 Å². The number of imidazole rings is 2. The van der Waals surface area contributed by atoms with E-state index in [2.05, 4.69) is 51.2 Å². The number of alkyl carbamates (subject to hydrolysis) is 2. The number of carboxylic acid groups (broad SMARTS) is 1. The number of hydrogen-bond donors (Lipinski definition) is 5. The van der Waals surface area contributed by atoms with E-state index in [4.69, 9.17) is 23.7 Å². The average Bonchev–Trinajstić information content (AvgIpc) is 4.01. The first-order chi connectivity index (χ1) is 37.1. The van der Waals surface area contributed by atoms with Gasteiger partial charge >= 0.3 is 65.9 Å². The number of carbonyl (C=O) groups is 8. The van der Waals surface area contributed by atoms with Crippen LogP contribution >= 0.6 is 0 Å². The van der Waals surface area contributed by atoms with Crippen molar-refractivity contribution in [1.29, 1.82) is 0 Å². The van der Waals surface area contributed by atoms with E-state index in [1.165, 1.54) is 39.3 Å². The van der Waals surface area contributed by atoms with Crippen LogP contribution in [0.1, 0.15) is 59.6 Å². The van der Waals surface area contributed by atoms with Crippen LogP contribution in [0.3, 0.4) is 0 Å². The summed E-state index contributed by atoms with van der Waals surface area (Å²) in [4.78, 5) is 125. The number of aliphatic carboxylic acids is 1. The number of nitrogens with one attached hydrogen (secondary N) is 4. The van der Waals surface area contributed by atoms with E-state index in [1.54, 1.807) is 48.5 Å². The van der Waals surface area contributed by atoms with Crippen LogP contribution in [0, 0.1) is 0 Å². The Morgan fingerprint density at radius 1 is 0.568 bits per heavy atom. The van der Waals surface area contributed by atoms with Crippen molar-refractivity contribution in [3.8, 4) is 0 Å². The molecule has 0 spiro atoms. The van der Waals surface area contributed by atoms with Gasteiger partial charge in [-0.3, -0.25) is 29.8 Å². The zero-order valence-corrected chi connectivity index (χ0v) is 48.0. The predicted octanol–water partition coefficient (Wildman–Crippen LogP) is 0.507. The molecule has 0 aliphatic heterocycles. The predicted molar refractivity (Wildman–Crippen MR) is 283 cm³/mol. The molecular weight excluding hydrogens is 1080 g/mol. The average molecular weight is 1140 g/mol. The van der Waals surface area contributed by atoms with E-state index < -0.39 is 65.9 Å². The number of benzene rings is 2.